The second-order valence-corrected chi connectivity index (χ2v) is 4.01. The van der Waals surface area contributed by atoms with Gasteiger partial charge in [-0.25, -0.2) is 4.79 Å². The molecular formula is C10H10O3S. The number of carbonyl (C=O) groups is 1. The van der Waals surface area contributed by atoms with E-state index in [-0.39, 0.29) is 0 Å². The van der Waals surface area contributed by atoms with Crippen LogP contribution in [0.2, 0.25) is 0 Å². The number of rotatable bonds is 1. The minimum absolute atomic E-state index is 0.346. The van der Waals surface area contributed by atoms with Crippen molar-refractivity contribution in [3.63, 3.8) is 0 Å². The van der Waals surface area contributed by atoms with Crippen LogP contribution in [-0.2, 0) is 11.2 Å². The number of hydrogen-bond donors (Lipinski definition) is 1. The van der Waals surface area contributed by atoms with Crippen LogP contribution in [0.4, 0.5) is 0 Å². The normalized spacial score (nSPS) is 15.7. The number of benzene rings is 1. The van der Waals surface area contributed by atoms with Crippen molar-refractivity contribution in [2.75, 3.05) is 12.5 Å². The van der Waals surface area contributed by atoms with Crippen LogP contribution in [0.5, 0.6) is 0 Å². The smallest absolute Gasteiger partial charge is 0.335 e. The van der Waals surface area contributed by atoms with Gasteiger partial charge in [-0.2, -0.15) is 0 Å². The van der Waals surface area contributed by atoms with E-state index in [9.17, 15) is 4.79 Å². The summed E-state index contributed by atoms with van der Waals surface area (Å²) in [5.41, 5.74) is 1.52. The van der Waals surface area contributed by atoms with Crippen molar-refractivity contribution in [2.45, 2.75) is 11.3 Å². The van der Waals surface area contributed by atoms with E-state index < -0.39 is 5.97 Å². The molecule has 74 valence electrons. The van der Waals surface area contributed by atoms with E-state index in [1.54, 1.807) is 23.9 Å². The summed E-state index contributed by atoms with van der Waals surface area (Å²) in [5, 5.41) is 8.82. The zero-order valence-electron chi connectivity index (χ0n) is 7.53. The van der Waals surface area contributed by atoms with E-state index in [4.69, 9.17) is 9.84 Å². The van der Waals surface area contributed by atoms with Crippen molar-refractivity contribution in [1.82, 2.24) is 0 Å². The van der Waals surface area contributed by atoms with Crippen LogP contribution in [0, 0.1) is 0 Å². The zero-order chi connectivity index (χ0) is 9.97. The summed E-state index contributed by atoms with van der Waals surface area (Å²) in [6, 6.07) is 5.24. The Kier molecular flexibility index (Phi) is 2.74. The molecule has 1 heterocycles. The predicted molar refractivity (Wildman–Crippen MR) is 53.8 cm³/mol. The second-order valence-electron chi connectivity index (χ2n) is 3.05. The highest BCUT2D eigenvalue weighted by Crippen LogP contribution is 2.27. The summed E-state index contributed by atoms with van der Waals surface area (Å²) in [5.74, 6) is -0.269. The molecule has 0 saturated heterocycles. The van der Waals surface area contributed by atoms with E-state index >= 15 is 0 Å². The molecule has 1 aromatic rings. The largest absolute Gasteiger partial charge is 0.478 e. The topological polar surface area (TPSA) is 46.5 Å². The van der Waals surface area contributed by atoms with E-state index in [2.05, 4.69) is 0 Å². The standard InChI is InChI=1S/C10H10O3S/c11-10(12)8-2-1-7-3-4-13-6-14-9(7)5-8/h1-2,5H,3-4,6H2,(H,11,12). The van der Waals surface area contributed by atoms with E-state index in [1.807, 2.05) is 6.07 Å². The summed E-state index contributed by atoms with van der Waals surface area (Å²) >= 11 is 1.56. The maximum absolute atomic E-state index is 10.7. The summed E-state index contributed by atoms with van der Waals surface area (Å²) in [6.07, 6.45) is 0.863. The van der Waals surface area contributed by atoms with E-state index in [0.29, 0.717) is 18.1 Å². The molecule has 0 spiro atoms. The van der Waals surface area contributed by atoms with Crippen molar-refractivity contribution in [2.24, 2.45) is 0 Å². The quantitative estimate of drug-likeness (QED) is 0.770. The molecule has 14 heavy (non-hydrogen) atoms. The SMILES string of the molecule is O=C(O)c1ccc2c(c1)SCOCC2. The number of ether oxygens (including phenoxy) is 1. The molecule has 1 aliphatic heterocycles. The zero-order valence-corrected chi connectivity index (χ0v) is 8.34. The van der Waals surface area contributed by atoms with E-state index in [0.717, 1.165) is 11.3 Å². The molecule has 4 heteroatoms. The molecule has 0 unspecified atom stereocenters. The lowest BCUT2D eigenvalue weighted by Gasteiger charge is -2.04. The lowest BCUT2D eigenvalue weighted by molar-refractivity contribution is 0.0696. The van der Waals surface area contributed by atoms with Crippen molar-refractivity contribution < 1.29 is 14.6 Å². The first-order chi connectivity index (χ1) is 6.77. The van der Waals surface area contributed by atoms with Gasteiger partial charge in [0, 0.05) is 4.90 Å². The Balaban J connectivity index is 2.37. The number of hydrogen-bond acceptors (Lipinski definition) is 3. The van der Waals surface area contributed by atoms with Gasteiger partial charge in [-0.1, -0.05) is 17.8 Å². The van der Waals surface area contributed by atoms with E-state index in [1.165, 1.54) is 5.56 Å². The highest BCUT2D eigenvalue weighted by Gasteiger charge is 2.11. The average molecular weight is 210 g/mol. The molecule has 0 radical (unpaired) electrons. The van der Waals surface area contributed by atoms with Crippen LogP contribution in [0.25, 0.3) is 0 Å². The van der Waals surface area contributed by atoms with Crippen LogP contribution >= 0.6 is 11.8 Å². The van der Waals surface area contributed by atoms with Gasteiger partial charge in [-0.05, 0) is 24.1 Å². The summed E-state index contributed by atoms with van der Waals surface area (Å²) in [6.45, 7) is 0.715. The monoisotopic (exact) mass is 210 g/mol. The molecule has 0 atom stereocenters. The van der Waals surface area contributed by atoms with Crippen LogP contribution in [-0.4, -0.2) is 23.6 Å². The maximum Gasteiger partial charge on any atom is 0.335 e. The molecule has 1 aliphatic rings. The second kappa shape index (κ2) is 4.02. The molecule has 1 N–H and O–H groups in total. The minimum Gasteiger partial charge on any atom is -0.478 e. The number of carboxylic acid groups (broad SMARTS) is 1. The maximum atomic E-state index is 10.7. The van der Waals surface area contributed by atoms with Crippen LogP contribution in [0.3, 0.4) is 0 Å². The van der Waals surface area contributed by atoms with Gasteiger partial charge >= 0.3 is 5.97 Å². The number of fused-ring (bicyclic) bond motifs is 1. The fraction of sp³-hybridized carbons (Fsp3) is 0.300. The van der Waals surface area contributed by atoms with Gasteiger partial charge in [0.2, 0.25) is 0 Å². The Labute approximate surface area is 86.1 Å². The van der Waals surface area contributed by atoms with Gasteiger partial charge < -0.3 is 9.84 Å². The number of aromatic carboxylic acids is 1. The Hall–Kier alpha value is -1.00. The molecule has 0 aliphatic carbocycles. The summed E-state index contributed by atoms with van der Waals surface area (Å²) in [4.78, 5) is 11.8. The van der Waals surface area contributed by atoms with Crippen molar-refractivity contribution in [3.05, 3.63) is 29.3 Å². The van der Waals surface area contributed by atoms with Crippen molar-refractivity contribution in [1.29, 1.82) is 0 Å². The molecule has 0 saturated carbocycles. The number of carboxylic acids is 1. The predicted octanol–water partition coefficient (Wildman–Crippen LogP) is 2.01. The summed E-state index contributed by atoms with van der Waals surface area (Å²) in [7, 11) is 0. The first-order valence-electron chi connectivity index (χ1n) is 4.34. The number of thioether (sulfide) groups is 1. The molecular weight excluding hydrogens is 200 g/mol. The third-order valence-corrected chi connectivity index (χ3v) is 3.10. The minimum atomic E-state index is -0.876. The van der Waals surface area contributed by atoms with Crippen molar-refractivity contribution in [3.8, 4) is 0 Å². The molecule has 0 fully saturated rings. The fourth-order valence-corrected chi connectivity index (χ4v) is 2.27. The first kappa shape index (κ1) is 9.55. The van der Waals surface area contributed by atoms with Gasteiger partial charge in [0.25, 0.3) is 0 Å². The molecule has 0 bridgehead atoms. The third kappa shape index (κ3) is 1.91. The summed E-state index contributed by atoms with van der Waals surface area (Å²) < 4.78 is 5.29. The van der Waals surface area contributed by atoms with Gasteiger partial charge in [-0.3, -0.25) is 0 Å². The molecule has 0 aromatic heterocycles. The van der Waals surface area contributed by atoms with Gasteiger partial charge in [0.15, 0.2) is 0 Å². The Bertz CT molecular complexity index is 362. The Morgan fingerprint density at radius 3 is 3.14 bits per heavy atom. The van der Waals surface area contributed by atoms with Gasteiger partial charge in [-0.15, -0.1) is 0 Å². The lowest BCUT2D eigenvalue weighted by Crippen LogP contribution is -1.98. The average Bonchev–Trinajstić information content (AvgIpc) is 2.41. The highest BCUT2D eigenvalue weighted by atomic mass is 32.2. The van der Waals surface area contributed by atoms with Crippen LogP contribution < -0.4 is 0 Å². The molecule has 3 nitrogen and oxygen atoms in total. The van der Waals surface area contributed by atoms with Crippen LogP contribution in [0.15, 0.2) is 23.1 Å². The van der Waals surface area contributed by atoms with Crippen LogP contribution in [0.1, 0.15) is 15.9 Å². The Morgan fingerprint density at radius 1 is 1.50 bits per heavy atom. The first-order valence-corrected chi connectivity index (χ1v) is 5.33. The van der Waals surface area contributed by atoms with Gasteiger partial charge in [0.05, 0.1) is 18.1 Å². The highest BCUT2D eigenvalue weighted by molar-refractivity contribution is 7.99. The third-order valence-electron chi connectivity index (χ3n) is 2.13. The van der Waals surface area contributed by atoms with Crippen molar-refractivity contribution >= 4 is 17.7 Å². The lowest BCUT2D eigenvalue weighted by atomic mass is 10.1. The molecule has 0 amide bonds. The fourth-order valence-electron chi connectivity index (χ4n) is 1.37. The molecule has 2 rings (SSSR count). The molecule has 1 aromatic carbocycles. The van der Waals surface area contributed by atoms with Gasteiger partial charge in [0.1, 0.15) is 0 Å². The Morgan fingerprint density at radius 2 is 2.36 bits per heavy atom.